The number of aromatic nitrogens is 2. The number of amides is 2. The molecule has 7 heteroatoms. The number of morpholine rings is 1. The number of benzene rings is 1. The number of urea groups is 1. The summed E-state index contributed by atoms with van der Waals surface area (Å²) in [5.41, 5.74) is 0.652. The van der Waals surface area contributed by atoms with Crippen molar-refractivity contribution in [3.05, 3.63) is 53.9 Å². The number of ether oxygens (including phenoxy) is 1. The Bertz CT molecular complexity index is 718. The zero-order valence-electron chi connectivity index (χ0n) is 13.8. The number of nitrogens with zero attached hydrogens (tertiary/aromatic N) is 3. The van der Waals surface area contributed by atoms with Crippen LogP contribution in [0.15, 0.2) is 36.7 Å². The number of rotatable bonds is 3. The lowest BCUT2D eigenvalue weighted by Crippen LogP contribution is -2.50. The minimum Gasteiger partial charge on any atom is -0.375 e. The third-order valence-electron chi connectivity index (χ3n) is 4.09. The van der Waals surface area contributed by atoms with Gasteiger partial charge in [0.1, 0.15) is 17.7 Å². The van der Waals surface area contributed by atoms with Crippen LogP contribution >= 0.6 is 0 Å². The van der Waals surface area contributed by atoms with Crippen molar-refractivity contribution >= 4 is 6.03 Å². The SMILES string of the molecule is C[C@H]1CN(C(=O)N[C@@H](c2cccc(F)c2)c2nccn2C)CCO1. The Morgan fingerprint density at radius 1 is 1.50 bits per heavy atom. The summed E-state index contributed by atoms with van der Waals surface area (Å²) < 4.78 is 20.9. The third-order valence-corrected chi connectivity index (χ3v) is 4.09. The van der Waals surface area contributed by atoms with E-state index in [1.54, 1.807) is 29.4 Å². The Labute approximate surface area is 140 Å². The topological polar surface area (TPSA) is 59.4 Å². The summed E-state index contributed by atoms with van der Waals surface area (Å²) in [5.74, 6) is 0.302. The predicted octanol–water partition coefficient (Wildman–Crippen LogP) is 2.08. The Morgan fingerprint density at radius 2 is 2.33 bits per heavy atom. The average molecular weight is 332 g/mol. The average Bonchev–Trinajstić information content (AvgIpc) is 2.98. The summed E-state index contributed by atoms with van der Waals surface area (Å²) in [6, 6.07) is 5.48. The van der Waals surface area contributed by atoms with E-state index in [1.807, 2.05) is 18.5 Å². The van der Waals surface area contributed by atoms with Gasteiger partial charge in [0, 0.05) is 32.5 Å². The molecule has 1 aromatic heterocycles. The van der Waals surface area contributed by atoms with Gasteiger partial charge in [0.25, 0.3) is 0 Å². The van der Waals surface area contributed by atoms with Crippen LogP contribution in [0.5, 0.6) is 0 Å². The summed E-state index contributed by atoms with van der Waals surface area (Å²) >= 11 is 0. The van der Waals surface area contributed by atoms with E-state index in [0.717, 1.165) is 0 Å². The fraction of sp³-hybridized carbons (Fsp3) is 0.412. The molecule has 0 spiro atoms. The monoisotopic (exact) mass is 332 g/mol. The second-order valence-corrected chi connectivity index (χ2v) is 5.96. The van der Waals surface area contributed by atoms with Crippen LogP contribution in [-0.2, 0) is 11.8 Å². The predicted molar refractivity (Wildman–Crippen MR) is 87.0 cm³/mol. The van der Waals surface area contributed by atoms with Gasteiger partial charge in [0.15, 0.2) is 0 Å². The van der Waals surface area contributed by atoms with Crippen molar-refractivity contribution in [3.8, 4) is 0 Å². The molecule has 2 aromatic rings. The van der Waals surface area contributed by atoms with Crippen molar-refractivity contribution in [1.82, 2.24) is 19.8 Å². The van der Waals surface area contributed by atoms with Crippen LogP contribution in [0, 0.1) is 5.82 Å². The molecule has 2 heterocycles. The molecule has 0 unspecified atom stereocenters. The van der Waals surface area contributed by atoms with E-state index in [0.29, 0.717) is 31.1 Å². The Morgan fingerprint density at radius 3 is 3.00 bits per heavy atom. The maximum absolute atomic E-state index is 13.6. The molecular weight excluding hydrogens is 311 g/mol. The maximum atomic E-state index is 13.6. The molecule has 1 fully saturated rings. The van der Waals surface area contributed by atoms with Gasteiger partial charge in [-0.1, -0.05) is 12.1 Å². The lowest BCUT2D eigenvalue weighted by atomic mass is 10.1. The number of hydrogen-bond donors (Lipinski definition) is 1. The van der Waals surface area contributed by atoms with Gasteiger partial charge in [-0.25, -0.2) is 14.2 Å². The zero-order chi connectivity index (χ0) is 17.1. The smallest absolute Gasteiger partial charge is 0.318 e. The first-order valence-electron chi connectivity index (χ1n) is 7.94. The van der Waals surface area contributed by atoms with Crippen LogP contribution in [0.4, 0.5) is 9.18 Å². The number of aryl methyl sites for hydroxylation is 1. The van der Waals surface area contributed by atoms with Gasteiger partial charge in [-0.3, -0.25) is 0 Å². The Hall–Kier alpha value is -2.41. The highest BCUT2D eigenvalue weighted by Gasteiger charge is 2.26. The van der Waals surface area contributed by atoms with Gasteiger partial charge >= 0.3 is 6.03 Å². The summed E-state index contributed by atoms with van der Waals surface area (Å²) in [6.45, 7) is 3.51. The molecule has 0 saturated carbocycles. The molecule has 0 bridgehead atoms. The first-order valence-corrected chi connectivity index (χ1v) is 7.94. The van der Waals surface area contributed by atoms with E-state index in [4.69, 9.17) is 4.74 Å². The lowest BCUT2D eigenvalue weighted by molar-refractivity contribution is -0.00376. The third kappa shape index (κ3) is 3.56. The second kappa shape index (κ2) is 7.00. The van der Waals surface area contributed by atoms with Crippen molar-refractivity contribution in [2.75, 3.05) is 19.7 Å². The van der Waals surface area contributed by atoms with E-state index < -0.39 is 6.04 Å². The Kier molecular flexibility index (Phi) is 4.80. The van der Waals surface area contributed by atoms with Crippen LogP contribution < -0.4 is 5.32 Å². The molecule has 24 heavy (non-hydrogen) atoms. The van der Waals surface area contributed by atoms with Crippen LogP contribution in [0.1, 0.15) is 24.4 Å². The van der Waals surface area contributed by atoms with Crippen LogP contribution in [-0.4, -0.2) is 46.3 Å². The van der Waals surface area contributed by atoms with Gasteiger partial charge in [-0.05, 0) is 24.6 Å². The number of halogens is 1. The molecule has 1 saturated heterocycles. The van der Waals surface area contributed by atoms with Crippen LogP contribution in [0.2, 0.25) is 0 Å². The molecule has 0 radical (unpaired) electrons. The normalized spacial score (nSPS) is 19.1. The molecule has 1 N–H and O–H groups in total. The molecule has 0 aliphatic carbocycles. The summed E-state index contributed by atoms with van der Waals surface area (Å²) in [7, 11) is 1.84. The molecule has 1 aliphatic rings. The molecular formula is C17H21FN4O2. The maximum Gasteiger partial charge on any atom is 0.318 e. The fourth-order valence-electron chi connectivity index (χ4n) is 2.86. The highest BCUT2D eigenvalue weighted by atomic mass is 19.1. The van der Waals surface area contributed by atoms with E-state index in [9.17, 15) is 9.18 Å². The minimum absolute atomic E-state index is 0.00489. The van der Waals surface area contributed by atoms with Gasteiger partial charge in [-0.2, -0.15) is 0 Å². The molecule has 1 aromatic carbocycles. The minimum atomic E-state index is -0.522. The number of hydrogen-bond acceptors (Lipinski definition) is 3. The molecule has 2 amide bonds. The summed E-state index contributed by atoms with van der Waals surface area (Å²) in [4.78, 5) is 18.7. The lowest BCUT2D eigenvalue weighted by Gasteiger charge is -2.32. The number of carbonyl (C=O) groups is 1. The van der Waals surface area contributed by atoms with Crippen LogP contribution in [0.3, 0.4) is 0 Å². The number of carbonyl (C=O) groups excluding carboxylic acids is 1. The van der Waals surface area contributed by atoms with Gasteiger partial charge in [0.05, 0.1) is 12.7 Å². The van der Waals surface area contributed by atoms with Crippen molar-refractivity contribution < 1.29 is 13.9 Å². The summed E-state index contributed by atoms with van der Waals surface area (Å²) in [5, 5.41) is 2.98. The highest BCUT2D eigenvalue weighted by molar-refractivity contribution is 5.75. The van der Waals surface area contributed by atoms with Gasteiger partial charge in [-0.15, -0.1) is 0 Å². The van der Waals surface area contributed by atoms with E-state index >= 15 is 0 Å². The van der Waals surface area contributed by atoms with Crippen molar-refractivity contribution in [2.24, 2.45) is 7.05 Å². The fourth-order valence-corrected chi connectivity index (χ4v) is 2.86. The molecule has 2 atom stereocenters. The second-order valence-electron chi connectivity index (χ2n) is 5.96. The van der Waals surface area contributed by atoms with Gasteiger partial charge in [0.2, 0.25) is 0 Å². The molecule has 1 aliphatic heterocycles. The zero-order valence-corrected chi connectivity index (χ0v) is 13.8. The first kappa shape index (κ1) is 16.4. The van der Waals surface area contributed by atoms with E-state index in [-0.39, 0.29) is 18.0 Å². The molecule has 128 valence electrons. The summed E-state index contributed by atoms with van der Waals surface area (Å²) in [6.07, 6.45) is 3.46. The first-order chi connectivity index (χ1) is 11.5. The molecule has 6 nitrogen and oxygen atoms in total. The van der Waals surface area contributed by atoms with Crippen LogP contribution in [0.25, 0.3) is 0 Å². The van der Waals surface area contributed by atoms with Crippen molar-refractivity contribution in [3.63, 3.8) is 0 Å². The largest absolute Gasteiger partial charge is 0.375 e. The van der Waals surface area contributed by atoms with Gasteiger partial charge < -0.3 is 19.5 Å². The van der Waals surface area contributed by atoms with Crippen molar-refractivity contribution in [2.45, 2.75) is 19.1 Å². The standard InChI is InChI=1S/C17H21FN4O2/c1-12-11-22(8-9-24-12)17(23)20-15(16-19-6-7-21(16)2)13-4-3-5-14(18)10-13/h3-7,10,12,15H,8-9,11H2,1-2H3,(H,20,23)/t12-,15-/m0/s1. The molecule has 3 rings (SSSR count). The van der Waals surface area contributed by atoms with E-state index in [1.165, 1.54) is 12.1 Å². The Balaban J connectivity index is 1.85. The van der Waals surface area contributed by atoms with E-state index in [2.05, 4.69) is 10.3 Å². The number of nitrogens with one attached hydrogen (secondary N) is 1. The number of imidazole rings is 1. The van der Waals surface area contributed by atoms with Crippen molar-refractivity contribution in [1.29, 1.82) is 0 Å². The highest BCUT2D eigenvalue weighted by Crippen LogP contribution is 2.22. The quantitative estimate of drug-likeness (QED) is 0.936.